The first-order valence-electron chi connectivity index (χ1n) is 5.37. The topological polar surface area (TPSA) is 78.0 Å². The summed E-state index contributed by atoms with van der Waals surface area (Å²) in [5, 5.41) is 3.99. The average molecular weight is 245 g/mol. The molecule has 0 aromatic carbocycles. The minimum Gasteiger partial charge on any atom is -0.327 e. The summed E-state index contributed by atoms with van der Waals surface area (Å²) < 4.78 is 25.1. The van der Waals surface area contributed by atoms with E-state index < -0.39 is 9.84 Å². The van der Waals surface area contributed by atoms with Crippen LogP contribution in [0.2, 0.25) is 0 Å². The molecule has 92 valence electrons. The van der Waals surface area contributed by atoms with Gasteiger partial charge in [0.1, 0.15) is 0 Å². The lowest BCUT2D eigenvalue weighted by molar-refractivity contribution is 0.581. The molecule has 0 saturated carbocycles. The van der Waals surface area contributed by atoms with Crippen LogP contribution in [0.25, 0.3) is 0 Å². The molecule has 0 aliphatic rings. The molecular weight excluding hydrogens is 226 g/mol. The molecule has 0 radical (unpaired) electrons. The second-order valence-corrected chi connectivity index (χ2v) is 6.21. The van der Waals surface area contributed by atoms with Crippen molar-refractivity contribution < 1.29 is 8.42 Å². The number of sulfone groups is 1. The van der Waals surface area contributed by atoms with Gasteiger partial charge in [0.2, 0.25) is 0 Å². The summed E-state index contributed by atoms with van der Waals surface area (Å²) in [6.45, 7) is 1.89. The summed E-state index contributed by atoms with van der Waals surface area (Å²) in [5.41, 5.74) is 6.57. The Morgan fingerprint density at radius 1 is 1.56 bits per heavy atom. The Morgan fingerprint density at radius 3 is 2.75 bits per heavy atom. The van der Waals surface area contributed by atoms with Crippen molar-refractivity contribution in [1.82, 2.24) is 9.78 Å². The summed E-state index contributed by atoms with van der Waals surface area (Å²) in [7, 11) is -1.25. The molecule has 0 saturated heterocycles. The molecule has 0 aliphatic carbocycles. The van der Waals surface area contributed by atoms with Gasteiger partial charge in [-0.1, -0.05) is 6.92 Å². The fourth-order valence-electron chi connectivity index (χ4n) is 1.43. The van der Waals surface area contributed by atoms with Crippen LogP contribution in [0.4, 0.5) is 0 Å². The van der Waals surface area contributed by atoms with Crippen LogP contribution >= 0.6 is 0 Å². The van der Waals surface area contributed by atoms with Crippen molar-refractivity contribution in [3.05, 3.63) is 18.0 Å². The Labute approximate surface area is 96.6 Å². The third-order valence-electron chi connectivity index (χ3n) is 2.58. The lowest BCUT2D eigenvalue weighted by Gasteiger charge is -2.09. The quantitative estimate of drug-likeness (QED) is 0.772. The number of nitrogens with zero attached hydrogens (tertiary/aromatic N) is 2. The molecule has 1 aromatic heterocycles. The van der Waals surface area contributed by atoms with Crippen molar-refractivity contribution in [2.45, 2.75) is 25.8 Å². The van der Waals surface area contributed by atoms with Crippen LogP contribution in [0, 0.1) is 0 Å². The van der Waals surface area contributed by atoms with Gasteiger partial charge >= 0.3 is 0 Å². The van der Waals surface area contributed by atoms with E-state index in [1.165, 1.54) is 0 Å². The van der Waals surface area contributed by atoms with E-state index in [4.69, 9.17) is 5.73 Å². The molecule has 1 unspecified atom stereocenters. The zero-order valence-corrected chi connectivity index (χ0v) is 10.6. The third-order valence-corrected chi connectivity index (χ3v) is 4.35. The maximum absolute atomic E-state index is 11.7. The average Bonchev–Trinajstić information content (AvgIpc) is 2.60. The van der Waals surface area contributed by atoms with Crippen molar-refractivity contribution in [3.63, 3.8) is 0 Å². The van der Waals surface area contributed by atoms with Gasteiger partial charge in [-0.2, -0.15) is 5.10 Å². The molecule has 0 amide bonds. The van der Waals surface area contributed by atoms with Crippen LogP contribution in [-0.4, -0.2) is 35.7 Å². The van der Waals surface area contributed by atoms with E-state index in [-0.39, 0.29) is 17.5 Å². The molecule has 0 bridgehead atoms. The molecule has 1 atom stereocenters. The number of aromatic nitrogens is 2. The van der Waals surface area contributed by atoms with Gasteiger partial charge in [0.05, 0.1) is 11.5 Å². The van der Waals surface area contributed by atoms with Crippen molar-refractivity contribution in [3.8, 4) is 0 Å². The van der Waals surface area contributed by atoms with E-state index in [1.807, 2.05) is 13.0 Å². The van der Waals surface area contributed by atoms with Crippen LogP contribution in [0.1, 0.15) is 19.0 Å². The highest BCUT2D eigenvalue weighted by Gasteiger charge is 2.15. The predicted molar refractivity (Wildman–Crippen MR) is 63.8 cm³/mol. The van der Waals surface area contributed by atoms with Crippen LogP contribution in [-0.2, 0) is 23.3 Å². The zero-order valence-electron chi connectivity index (χ0n) is 9.76. The molecule has 0 spiro atoms. The standard InChI is InChI=1S/C10H19N3O2S/c1-3-9(11)8-16(14,15)7-5-10-4-6-12-13(10)2/h4,6,9H,3,5,7-8,11H2,1-2H3. The highest BCUT2D eigenvalue weighted by Crippen LogP contribution is 2.03. The van der Waals surface area contributed by atoms with Crippen LogP contribution in [0.3, 0.4) is 0 Å². The van der Waals surface area contributed by atoms with E-state index in [0.29, 0.717) is 12.8 Å². The summed E-state index contributed by atoms with van der Waals surface area (Å²) in [6.07, 6.45) is 2.85. The van der Waals surface area contributed by atoms with Gasteiger partial charge in [-0.25, -0.2) is 8.42 Å². The number of aryl methyl sites for hydroxylation is 2. The summed E-state index contributed by atoms with van der Waals surface area (Å²) in [4.78, 5) is 0. The smallest absolute Gasteiger partial charge is 0.152 e. The van der Waals surface area contributed by atoms with E-state index >= 15 is 0 Å². The van der Waals surface area contributed by atoms with Crippen LogP contribution in [0.5, 0.6) is 0 Å². The molecule has 1 heterocycles. The molecular formula is C10H19N3O2S. The molecule has 0 fully saturated rings. The van der Waals surface area contributed by atoms with Crippen LogP contribution in [0.15, 0.2) is 12.3 Å². The van der Waals surface area contributed by atoms with E-state index in [0.717, 1.165) is 5.69 Å². The summed E-state index contributed by atoms with van der Waals surface area (Å²) >= 11 is 0. The number of nitrogens with two attached hydrogens (primary N) is 1. The second-order valence-electron chi connectivity index (χ2n) is 3.98. The molecule has 16 heavy (non-hydrogen) atoms. The van der Waals surface area contributed by atoms with E-state index in [9.17, 15) is 8.42 Å². The second kappa shape index (κ2) is 5.45. The minimum atomic E-state index is -3.05. The van der Waals surface area contributed by atoms with Crippen molar-refractivity contribution in [2.75, 3.05) is 11.5 Å². The van der Waals surface area contributed by atoms with Gasteiger partial charge in [0, 0.05) is 31.4 Å². The third kappa shape index (κ3) is 3.94. The minimum absolute atomic E-state index is 0.0708. The summed E-state index contributed by atoms with van der Waals surface area (Å²) in [6, 6.07) is 1.58. The Hall–Kier alpha value is -0.880. The lowest BCUT2D eigenvalue weighted by atomic mass is 10.3. The highest BCUT2D eigenvalue weighted by molar-refractivity contribution is 7.91. The first kappa shape index (κ1) is 13.2. The maximum atomic E-state index is 11.7. The molecule has 0 aliphatic heterocycles. The Balaban J connectivity index is 2.52. The van der Waals surface area contributed by atoms with E-state index in [2.05, 4.69) is 5.10 Å². The SMILES string of the molecule is CCC(N)CS(=O)(=O)CCc1ccnn1C. The molecule has 5 nitrogen and oxygen atoms in total. The predicted octanol–water partition coefficient (Wildman–Crippen LogP) is 0.115. The van der Waals surface area contributed by atoms with Crippen molar-refractivity contribution in [1.29, 1.82) is 0 Å². The normalized spacial score (nSPS) is 13.9. The fraction of sp³-hybridized carbons (Fsp3) is 0.700. The Kier molecular flexibility index (Phi) is 4.49. The van der Waals surface area contributed by atoms with Crippen LogP contribution < -0.4 is 5.73 Å². The Morgan fingerprint density at radius 2 is 2.25 bits per heavy atom. The van der Waals surface area contributed by atoms with Gasteiger partial charge in [-0.05, 0) is 12.5 Å². The molecule has 2 N–H and O–H groups in total. The number of hydrogen-bond acceptors (Lipinski definition) is 4. The molecule has 1 rings (SSSR count). The van der Waals surface area contributed by atoms with Gasteiger partial charge in [-0.15, -0.1) is 0 Å². The van der Waals surface area contributed by atoms with E-state index in [1.54, 1.807) is 17.9 Å². The number of hydrogen-bond donors (Lipinski definition) is 1. The monoisotopic (exact) mass is 245 g/mol. The van der Waals surface area contributed by atoms with Gasteiger partial charge in [0.15, 0.2) is 9.84 Å². The first-order valence-corrected chi connectivity index (χ1v) is 7.19. The molecule has 1 aromatic rings. The Bertz CT molecular complexity index is 425. The van der Waals surface area contributed by atoms with Crippen molar-refractivity contribution >= 4 is 9.84 Å². The lowest BCUT2D eigenvalue weighted by Crippen LogP contribution is -2.30. The van der Waals surface area contributed by atoms with Crippen molar-refractivity contribution in [2.24, 2.45) is 12.8 Å². The largest absolute Gasteiger partial charge is 0.327 e. The van der Waals surface area contributed by atoms with Gasteiger partial charge in [-0.3, -0.25) is 4.68 Å². The maximum Gasteiger partial charge on any atom is 0.152 e. The fourth-order valence-corrected chi connectivity index (χ4v) is 3.01. The zero-order chi connectivity index (χ0) is 12.2. The molecule has 6 heteroatoms. The van der Waals surface area contributed by atoms with Gasteiger partial charge < -0.3 is 5.73 Å². The highest BCUT2D eigenvalue weighted by atomic mass is 32.2. The number of rotatable bonds is 6. The first-order chi connectivity index (χ1) is 7.44. The van der Waals surface area contributed by atoms with Gasteiger partial charge in [0.25, 0.3) is 0 Å². The summed E-state index contributed by atoms with van der Waals surface area (Å²) in [5.74, 6) is 0.210.